The lowest BCUT2D eigenvalue weighted by Crippen LogP contribution is -2.42. The number of rotatable bonds is 12. The van der Waals surface area contributed by atoms with E-state index >= 15 is 0 Å². The molecule has 0 bridgehead atoms. The fourth-order valence-corrected chi connectivity index (χ4v) is 8.92. The van der Waals surface area contributed by atoms with Crippen LogP contribution in [0.1, 0.15) is 83.1 Å². The quantitative estimate of drug-likeness (QED) is 0.100. The number of alkyl carbamates (subject to hydrolysis) is 2. The van der Waals surface area contributed by atoms with E-state index in [4.69, 9.17) is 19.4 Å². The van der Waals surface area contributed by atoms with Gasteiger partial charge in [0.15, 0.2) is 0 Å². The van der Waals surface area contributed by atoms with Crippen molar-refractivity contribution in [2.75, 3.05) is 27.3 Å². The average Bonchev–Trinajstić information content (AvgIpc) is 4.14. The number of ether oxygens (including phenoxy) is 2. The fourth-order valence-electron chi connectivity index (χ4n) is 8.01. The molecule has 5 heterocycles. The Kier molecular flexibility index (Phi) is 12.0. The smallest absolute Gasteiger partial charge is 0.407 e. The summed E-state index contributed by atoms with van der Waals surface area (Å²) in [5.41, 5.74) is 5.00. The van der Waals surface area contributed by atoms with E-state index in [0.717, 1.165) is 58.1 Å². The third-order valence-corrected chi connectivity index (χ3v) is 12.0. The van der Waals surface area contributed by atoms with Gasteiger partial charge in [-0.2, -0.15) is 0 Å². The first kappa shape index (κ1) is 40.0. The summed E-state index contributed by atoms with van der Waals surface area (Å²) in [6, 6.07) is 24.2. The van der Waals surface area contributed by atoms with E-state index in [1.54, 1.807) is 33.5 Å². The Balaban J connectivity index is 0.935. The summed E-state index contributed by atoms with van der Waals surface area (Å²) in [6.07, 6.45) is 7.82. The van der Waals surface area contributed by atoms with Crippen molar-refractivity contribution in [3.05, 3.63) is 137 Å². The predicted molar refractivity (Wildman–Crippen MR) is 223 cm³/mol. The number of carbonyl (C=O) groups excluding carboxylic acids is 4. The van der Waals surface area contributed by atoms with E-state index in [9.17, 15) is 19.2 Å². The third kappa shape index (κ3) is 8.64. The van der Waals surface area contributed by atoms with Gasteiger partial charge in [-0.25, -0.2) is 24.5 Å². The number of hydrogen-bond donors (Lipinski definition) is 4. The van der Waals surface area contributed by atoms with Crippen molar-refractivity contribution >= 4 is 35.3 Å². The summed E-state index contributed by atoms with van der Waals surface area (Å²) >= 11 is 1.57. The lowest BCUT2D eigenvalue weighted by atomic mass is 10.0. The highest BCUT2D eigenvalue weighted by molar-refractivity contribution is 7.15. The number of nitrogens with zero attached hydrogens (tertiary/aromatic N) is 5. The number of aromatic nitrogens is 5. The minimum absolute atomic E-state index is 0.220. The van der Waals surface area contributed by atoms with Crippen LogP contribution in [0.15, 0.2) is 104 Å². The van der Waals surface area contributed by atoms with Crippen molar-refractivity contribution < 1.29 is 28.7 Å². The van der Waals surface area contributed by atoms with Gasteiger partial charge in [0.25, 0.3) is 11.8 Å². The number of benzene rings is 3. The molecule has 2 saturated heterocycles. The van der Waals surface area contributed by atoms with Crippen LogP contribution in [0.3, 0.4) is 0 Å². The number of hydrogen-bond acceptors (Lipinski definition) is 10. The average molecular weight is 828 g/mol. The van der Waals surface area contributed by atoms with Crippen molar-refractivity contribution in [3.8, 4) is 22.0 Å². The van der Waals surface area contributed by atoms with E-state index in [0.29, 0.717) is 42.3 Å². The number of carbonyl (C=O) groups is 4. The Bertz CT molecular complexity index is 2450. The van der Waals surface area contributed by atoms with E-state index in [-0.39, 0.29) is 23.9 Å². The first-order valence-electron chi connectivity index (χ1n) is 19.8. The van der Waals surface area contributed by atoms with Gasteiger partial charge in [-0.15, -0.1) is 11.3 Å². The lowest BCUT2D eigenvalue weighted by Gasteiger charge is -2.28. The van der Waals surface area contributed by atoms with Gasteiger partial charge >= 0.3 is 12.2 Å². The SMILES string of the molecule is COC(=O)N[C@H](C(=O)N1CCC[C@@H]1c1ncc(-c2ncc(Cc3cccc(-c4cnc([C@@H]5CCCN5C(=O)[C@H](NC(=O)OC)c5ccccc5)[nH]4)c3)s2)[nH]1)c1ccccc1. The summed E-state index contributed by atoms with van der Waals surface area (Å²) < 4.78 is 9.66. The van der Waals surface area contributed by atoms with Crippen molar-refractivity contribution in [3.63, 3.8) is 0 Å². The zero-order chi connectivity index (χ0) is 41.6. The molecule has 3 aromatic carbocycles. The van der Waals surface area contributed by atoms with Crippen molar-refractivity contribution in [2.45, 2.75) is 56.3 Å². The van der Waals surface area contributed by atoms with Gasteiger partial charge in [0, 0.05) is 30.6 Å². The zero-order valence-corrected chi connectivity index (χ0v) is 34.0. The highest BCUT2D eigenvalue weighted by atomic mass is 32.1. The molecule has 4 atom stereocenters. The Morgan fingerprint density at radius 1 is 0.700 bits per heavy atom. The number of likely N-dealkylation sites (tertiary alicyclic amines) is 2. The van der Waals surface area contributed by atoms with Crippen LogP contribution in [0.4, 0.5) is 9.59 Å². The third-order valence-electron chi connectivity index (χ3n) is 10.9. The standard InChI is InChI=1S/C44H45N9O6S/c1-58-43(56)50-36(28-13-5-3-6-14-28)41(54)52-20-10-18-34(52)38-45-25-32(48-38)30-17-9-12-27(22-30)23-31-24-47-40(60-31)33-26-46-39(49-33)35-19-11-21-53(35)42(55)37(51-44(57)59-2)29-15-7-4-8-16-29/h3-9,12-17,22,24-26,34-37H,10-11,18-21,23H2,1-2H3,(H,45,48)(H,46,49)(H,50,56)(H,51,57)/t34-,35+,36+,37-/m0/s1. The van der Waals surface area contributed by atoms with E-state index in [1.807, 2.05) is 79.0 Å². The minimum Gasteiger partial charge on any atom is -0.453 e. The van der Waals surface area contributed by atoms with Crippen LogP contribution < -0.4 is 10.6 Å². The summed E-state index contributed by atoms with van der Waals surface area (Å²) in [6.45, 7) is 1.08. The molecule has 8 rings (SSSR count). The number of methoxy groups -OCH3 is 2. The molecule has 0 unspecified atom stereocenters. The lowest BCUT2D eigenvalue weighted by molar-refractivity contribution is -0.135. The molecule has 2 aliphatic rings. The van der Waals surface area contributed by atoms with Crippen LogP contribution in [0.2, 0.25) is 0 Å². The predicted octanol–water partition coefficient (Wildman–Crippen LogP) is 7.04. The van der Waals surface area contributed by atoms with Gasteiger partial charge in [0.1, 0.15) is 28.7 Å². The number of thiazole rings is 1. The molecular formula is C44H45N9O6S. The Labute approximate surface area is 350 Å². The topological polar surface area (TPSA) is 188 Å². The fraction of sp³-hybridized carbons (Fsp3) is 0.295. The summed E-state index contributed by atoms with van der Waals surface area (Å²) in [5.74, 6) is 0.913. The highest BCUT2D eigenvalue weighted by Gasteiger charge is 2.38. The van der Waals surface area contributed by atoms with Crippen LogP contribution >= 0.6 is 11.3 Å². The van der Waals surface area contributed by atoms with Gasteiger partial charge in [-0.1, -0.05) is 78.9 Å². The molecule has 0 saturated carbocycles. The normalized spacial score (nSPS) is 17.2. The molecule has 60 heavy (non-hydrogen) atoms. The zero-order valence-electron chi connectivity index (χ0n) is 33.2. The first-order valence-corrected chi connectivity index (χ1v) is 20.6. The van der Waals surface area contributed by atoms with Crippen LogP contribution in [0, 0.1) is 0 Å². The van der Waals surface area contributed by atoms with E-state index < -0.39 is 24.3 Å². The molecule has 2 fully saturated rings. The second-order valence-corrected chi connectivity index (χ2v) is 15.8. The molecule has 0 aliphatic carbocycles. The molecule has 4 amide bonds. The van der Waals surface area contributed by atoms with Crippen LogP contribution in [0.25, 0.3) is 22.0 Å². The molecule has 308 valence electrons. The van der Waals surface area contributed by atoms with Gasteiger partial charge in [0.2, 0.25) is 0 Å². The van der Waals surface area contributed by atoms with Gasteiger partial charge in [0.05, 0.1) is 50.1 Å². The van der Waals surface area contributed by atoms with Gasteiger partial charge in [-0.05, 0) is 54.0 Å². The number of imidazole rings is 2. The molecule has 4 N–H and O–H groups in total. The molecule has 15 nitrogen and oxygen atoms in total. The number of H-pyrrole nitrogens is 2. The van der Waals surface area contributed by atoms with Gasteiger partial charge in [-0.3, -0.25) is 9.59 Å². The van der Waals surface area contributed by atoms with E-state index in [2.05, 4.69) is 37.7 Å². The molecule has 0 spiro atoms. The summed E-state index contributed by atoms with van der Waals surface area (Å²) in [4.78, 5) is 78.0. The maximum absolute atomic E-state index is 13.9. The summed E-state index contributed by atoms with van der Waals surface area (Å²) in [5, 5.41) is 6.21. The molecular weight excluding hydrogens is 783 g/mol. The minimum atomic E-state index is -0.895. The number of aromatic amines is 2. The molecule has 2 aliphatic heterocycles. The van der Waals surface area contributed by atoms with Crippen molar-refractivity contribution in [1.29, 1.82) is 0 Å². The maximum Gasteiger partial charge on any atom is 0.407 e. The summed E-state index contributed by atoms with van der Waals surface area (Å²) in [7, 11) is 2.55. The Morgan fingerprint density at radius 3 is 1.78 bits per heavy atom. The molecule has 3 aromatic heterocycles. The second-order valence-electron chi connectivity index (χ2n) is 14.7. The molecule has 16 heteroatoms. The Morgan fingerprint density at radius 2 is 1.23 bits per heavy atom. The van der Waals surface area contributed by atoms with E-state index in [1.165, 1.54) is 14.2 Å². The van der Waals surface area contributed by atoms with Crippen molar-refractivity contribution in [2.24, 2.45) is 0 Å². The van der Waals surface area contributed by atoms with Gasteiger partial charge < -0.3 is 39.9 Å². The number of nitrogens with one attached hydrogen (secondary N) is 4. The monoisotopic (exact) mass is 827 g/mol. The van der Waals surface area contributed by atoms with Crippen molar-refractivity contribution in [1.82, 2.24) is 45.4 Å². The number of amides is 4. The van der Waals surface area contributed by atoms with Crippen LogP contribution in [-0.2, 0) is 25.5 Å². The highest BCUT2D eigenvalue weighted by Crippen LogP contribution is 2.36. The molecule has 6 aromatic rings. The Hall–Kier alpha value is -6.81. The maximum atomic E-state index is 13.9. The first-order chi connectivity index (χ1) is 29.3. The largest absolute Gasteiger partial charge is 0.453 e. The van der Waals surface area contributed by atoms with Crippen LogP contribution in [0.5, 0.6) is 0 Å². The van der Waals surface area contributed by atoms with Crippen LogP contribution in [-0.4, -0.2) is 86.0 Å². The second kappa shape index (κ2) is 18.0. The molecule has 0 radical (unpaired) electrons.